The largest absolute Gasteiger partial charge is 0.391 e. The van der Waals surface area contributed by atoms with Gasteiger partial charge in [-0.2, -0.15) is 5.10 Å². The maximum atomic E-state index is 13.7. The Morgan fingerprint density at radius 1 is 1.39 bits per heavy atom. The van der Waals surface area contributed by atoms with Crippen LogP contribution in [0, 0.1) is 11.7 Å². The molecule has 2 unspecified atom stereocenters. The van der Waals surface area contributed by atoms with E-state index in [1.54, 1.807) is 24.4 Å². The van der Waals surface area contributed by atoms with Crippen LogP contribution in [0.25, 0.3) is 5.69 Å². The van der Waals surface area contributed by atoms with Crippen LogP contribution in [0.3, 0.4) is 0 Å². The van der Waals surface area contributed by atoms with E-state index in [1.165, 1.54) is 16.8 Å². The van der Waals surface area contributed by atoms with E-state index in [2.05, 4.69) is 15.7 Å². The summed E-state index contributed by atoms with van der Waals surface area (Å²) < 4.78 is 15.0. The molecule has 1 aromatic carbocycles. The van der Waals surface area contributed by atoms with Gasteiger partial charge in [0.05, 0.1) is 6.10 Å². The Labute approximate surface area is 139 Å². The number of aromatic nitrogens is 2. The number of aliphatic hydroxyl groups excluding tert-OH is 1. The minimum Gasteiger partial charge on any atom is -0.391 e. The van der Waals surface area contributed by atoms with Crippen molar-refractivity contribution in [2.75, 3.05) is 19.6 Å². The molecule has 1 aliphatic rings. The van der Waals surface area contributed by atoms with E-state index < -0.39 is 11.9 Å². The summed E-state index contributed by atoms with van der Waals surface area (Å²) in [6.45, 7) is 1.59. The standard InChI is InChI=1S/C15H17FN4O2.ClH/c16-11-3-1-2-4-13(11)20-6-5-12(19-20)15(22)18-8-10-7-17-9-14(10)21;/h1-6,10,14,17,21H,7-9H2,(H,18,22);1H. The highest BCUT2D eigenvalue weighted by Gasteiger charge is 2.25. The molecule has 0 bridgehead atoms. The van der Waals surface area contributed by atoms with Crippen molar-refractivity contribution in [3.8, 4) is 5.69 Å². The van der Waals surface area contributed by atoms with Crippen molar-refractivity contribution >= 4 is 18.3 Å². The lowest BCUT2D eigenvalue weighted by Gasteiger charge is -2.13. The summed E-state index contributed by atoms with van der Waals surface area (Å²) >= 11 is 0. The van der Waals surface area contributed by atoms with Crippen LogP contribution < -0.4 is 10.6 Å². The van der Waals surface area contributed by atoms with Gasteiger partial charge in [-0.1, -0.05) is 12.1 Å². The molecule has 1 fully saturated rings. The second-order valence-electron chi connectivity index (χ2n) is 5.29. The van der Waals surface area contributed by atoms with Crippen molar-refractivity contribution in [2.24, 2.45) is 5.92 Å². The third-order valence-corrected chi connectivity index (χ3v) is 3.75. The third-order valence-electron chi connectivity index (χ3n) is 3.75. The van der Waals surface area contributed by atoms with Crippen LogP contribution in [0.1, 0.15) is 10.5 Å². The number of para-hydroxylation sites is 1. The molecule has 1 saturated heterocycles. The molecule has 2 aromatic rings. The Hall–Kier alpha value is -1.96. The monoisotopic (exact) mass is 340 g/mol. The fourth-order valence-electron chi connectivity index (χ4n) is 2.46. The smallest absolute Gasteiger partial charge is 0.271 e. The number of amides is 1. The fourth-order valence-corrected chi connectivity index (χ4v) is 2.46. The first-order valence-electron chi connectivity index (χ1n) is 7.12. The average Bonchev–Trinajstić information content (AvgIpc) is 3.14. The van der Waals surface area contributed by atoms with Gasteiger partial charge in [0.25, 0.3) is 5.91 Å². The molecule has 0 radical (unpaired) electrons. The van der Waals surface area contributed by atoms with Gasteiger partial charge in [-0.05, 0) is 18.2 Å². The summed E-state index contributed by atoms with van der Waals surface area (Å²) in [6.07, 6.45) is 1.09. The van der Waals surface area contributed by atoms with Gasteiger partial charge < -0.3 is 15.7 Å². The van der Waals surface area contributed by atoms with Gasteiger partial charge in [-0.15, -0.1) is 12.4 Å². The SMILES string of the molecule is Cl.O=C(NCC1CNCC1O)c1ccn(-c2ccccc2F)n1. The highest BCUT2D eigenvalue weighted by molar-refractivity contribution is 5.92. The number of hydrogen-bond donors (Lipinski definition) is 3. The highest BCUT2D eigenvalue weighted by Crippen LogP contribution is 2.12. The first kappa shape index (κ1) is 17.4. The summed E-state index contributed by atoms with van der Waals surface area (Å²) in [5.41, 5.74) is 0.501. The first-order chi connectivity index (χ1) is 10.6. The van der Waals surface area contributed by atoms with Gasteiger partial charge in [0.15, 0.2) is 5.69 Å². The zero-order valence-corrected chi connectivity index (χ0v) is 13.1. The van der Waals surface area contributed by atoms with E-state index in [1.807, 2.05) is 0 Å². The van der Waals surface area contributed by atoms with Crippen molar-refractivity contribution in [1.82, 2.24) is 20.4 Å². The maximum absolute atomic E-state index is 13.7. The van der Waals surface area contributed by atoms with Crippen molar-refractivity contribution in [2.45, 2.75) is 6.10 Å². The average molecular weight is 341 g/mol. The predicted octanol–water partition coefficient (Wildman–Crippen LogP) is 0.743. The molecule has 2 atom stereocenters. The van der Waals surface area contributed by atoms with Gasteiger partial charge in [0, 0.05) is 31.7 Å². The Morgan fingerprint density at radius 3 is 2.87 bits per heavy atom. The lowest BCUT2D eigenvalue weighted by Crippen LogP contribution is -2.34. The number of hydrogen-bond acceptors (Lipinski definition) is 4. The number of nitrogens with zero attached hydrogens (tertiary/aromatic N) is 2. The van der Waals surface area contributed by atoms with Crippen molar-refractivity contribution in [3.63, 3.8) is 0 Å². The number of nitrogens with one attached hydrogen (secondary N) is 2. The molecule has 0 spiro atoms. The van der Waals surface area contributed by atoms with Crippen molar-refractivity contribution in [3.05, 3.63) is 48.0 Å². The Morgan fingerprint density at radius 2 is 2.17 bits per heavy atom. The van der Waals surface area contributed by atoms with E-state index in [-0.39, 0.29) is 35.6 Å². The predicted molar refractivity (Wildman–Crippen MR) is 85.5 cm³/mol. The van der Waals surface area contributed by atoms with Crippen LogP contribution in [-0.2, 0) is 0 Å². The topological polar surface area (TPSA) is 79.2 Å². The van der Waals surface area contributed by atoms with E-state index in [0.717, 1.165) is 0 Å². The molecule has 2 heterocycles. The maximum Gasteiger partial charge on any atom is 0.271 e. The summed E-state index contributed by atoms with van der Waals surface area (Å²) in [4.78, 5) is 12.1. The lowest BCUT2D eigenvalue weighted by molar-refractivity contribution is 0.0921. The minimum atomic E-state index is -0.448. The highest BCUT2D eigenvalue weighted by atomic mass is 35.5. The Kier molecular flexibility index (Phi) is 5.70. The van der Waals surface area contributed by atoms with Crippen LogP contribution in [0.2, 0.25) is 0 Å². The minimum absolute atomic E-state index is 0. The van der Waals surface area contributed by atoms with E-state index in [0.29, 0.717) is 19.6 Å². The number of carbonyl (C=O) groups is 1. The molecule has 8 heteroatoms. The van der Waals surface area contributed by atoms with Crippen LogP contribution >= 0.6 is 12.4 Å². The van der Waals surface area contributed by atoms with Crippen LogP contribution in [0.15, 0.2) is 36.5 Å². The van der Waals surface area contributed by atoms with Crippen molar-refractivity contribution in [1.29, 1.82) is 0 Å². The van der Waals surface area contributed by atoms with Gasteiger partial charge in [0.1, 0.15) is 11.5 Å². The summed E-state index contributed by atoms with van der Waals surface area (Å²) in [5.74, 6) is -0.746. The molecule has 1 amide bonds. The fraction of sp³-hybridized carbons (Fsp3) is 0.333. The van der Waals surface area contributed by atoms with Gasteiger partial charge in [-0.3, -0.25) is 4.79 Å². The molecular formula is C15H18ClFN4O2. The van der Waals surface area contributed by atoms with Gasteiger partial charge in [-0.25, -0.2) is 9.07 Å². The zero-order valence-electron chi connectivity index (χ0n) is 12.3. The Balaban J connectivity index is 0.00000192. The van der Waals surface area contributed by atoms with Crippen LogP contribution in [-0.4, -0.2) is 46.5 Å². The molecular weight excluding hydrogens is 323 g/mol. The van der Waals surface area contributed by atoms with E-state index in [9.17, 15) is 14.3 Å². The number of aliphatic hydroxyl groups is 1. The molecule has 1 aliphatic heterocycles. The van der Waals surface area contributed by atoms with E-state index >= 15 is 0 Å². The molecule has 23 heavy (non-hydrogen) atoms. The number of rotatable bonds is 4. The third kappa shape index (κ3) is 3.87. The second kappa shape index (κ2) is 7.54. The normalized spacial score (nSPS) is 20.1. The zero-order chi connectivity index (χ0) is 15.5. The van der Waals surface area contributed by atoms with Crippen LogP contribution in [0.5, 0.6) is 0 Å². The second-order valence-corrected chi connectivity index (χ2v) is 5.29. The van der Waals surface area contributed by atoms with Gasteiger partial charge >= 0.3 is 0 Å². The Bertz CT molecular complexity index is 679. The number of β-amino-alcohol motifs (C(OH)–C–C–N with tert-alkyl or cyclic N) is 1. The van der Waals surface area contributed by atoms with Crippen molar-refractivity contribution < 1.29 is 14.3 Å². The molecule has 1 aromatic heterocycles. The van der Waals surface area contributed by atoms with Crippen LogP contribution in [0.4, 0.5) is 4.39 Å². The number of benzene rings is 1. The molecule has 3 rings (SSSR count). The lowest BCUT2D eigenvalue weighted by atomic mass is 10.1. The molecule has 0 saturated carbocycles. The summed E-state index contributed by atoms with van der Waals surface area (Å²) in [5, 5.41) is 19.6. The van der Waals surface area contributed by atoms with Gasteiger partial charge in [0.2, 0.25) is 0 Å². The molecule has 3 N–H and O–H groups in total. The number of carbonyl (C=O) groups excluding carboxylic acids is 1. The summed E-state index contributed by atoms with van der Waals surface area (Å²) in [6, 6.07) is 7.76. The molecule has 6 nitrogen and oxygen atoms in total. The molecule has 124 valence electrons. The van der Waals surface area contributed by atoms with E-state index in [4.69, 9.17) is 0 Å². The quantitative estimate of drug-likeness (QED) is 0.767. The first-order valence-corrected chi connectivity index (χ1v) is 7.12. The summed E-state index contributed by atoms with van der Waals surface area (Å²) in [7, 11) is 0. The molecule has 0 aliphatic carbocycles. The number of halogens is 2.